The molecule has 1 saturated heterocycles. The summed E-state index contributed by atoms with van der Waals surface area (Å²) in [6.07, 6.45) is 1.60. The summed E-state index contributed by atoms with van der Waals surface area (Å²) in [6.45, 7) is -0.258. The number of benzene rings is 2. The van der Waals surface area contributed by atoms with Crippen LogP contribution in [0.1, 0.15) is 15.9 Å². The first-order valence-electron chi connectivity index (χ1n) is 9.15. The molecule has 31 heavy (non-hydrogen) atoms. The van der Waals surface area contributed by atoms with Crippen LogP contribution in [0.5, 0.6) is 0 Å². The number of halogens is 2. The average Bonchev–Trinajstić information content (AvgIpc) is 3.01. The second kappa shape index (κ2) is 10.2. The third-order valence-electron chi connectivity index (χ3n) is 4.21. The Morgan fingerprint density at radius 1 is 1.03 bits per heavy atom. The molecule has 7 nitrogen and oxygen atoms in total. The molecule has 0 unspecified atom stereocenters. The van der Waals surface area contributed by atoms with Crippen molar-refractivity contribution in [1.29, 1.82) is 0 Å². The monoisotopic (exact) mass is 461 g/mol. The van der Waals surface area contributed by atoms with Gasteiger partial charge in [-0.05, 0) is 59.8 Å². The first kappa shape index (κ1) is 22.5. The van der Waals surface area contributed by atoms with Gasteiger partial charge in [0.1, 0.15) is 5.82 Å². The molecule has 2 aromatic carbocycles. The molecule has 2 aromatic rings. The molecule has 0 bridgehead atoms. The summed E-state index contributed by atoms with van der Waals surface area (Å²) >= 11 is 6.66. The molecule has 10 heteroatoms. The van der Waals surface area contributed by atoms with Crippen molar-refractivity contribution < 1.29 is 23.6 Å². The first-order chi connectivity index (χ1) is 14.8. The summed E-state index contributed by atoms with van der Waals surface area (Å²) < 4.78 is 12.9. The summed E-state index contributed by atoms with van der Waals surface area (Å²) in [5, 5.41) is 5.08. The maximum Gasteiger partial charge on any atom is 0.293 e. The summed E-state index contributed by atoms with van der Waals surface area (Å²) in [6, 6.07) is 11.7. The van der Waals surface area contributed by atoms with E-state index in [1.807, 2.05) is 0 Å². The standard InChI is InChI=1S/C21H17ClFN3O4S/c22-15-5-1-13(2-6-15)11-17-20(29)26(21(30)31-17)10-9-24-18(27)12-25-19(28)14-3-7-16(23)8-4-14/h1-8,11H,9-10,12H2,(H,24,27)(H,25,28)/b17-11-. The molecule has 4 amide bonds. The molecule has 0 atom stereocenters. The highest BCUT2D eigenvalue weighted by atomic mass is 35.5. The predicted molar refractivity (Wildman–Crippen MR) is 116 cm³/mol. The number of thioether (sulfide) groups is 1. The van der Waals surface area contributed by atoms with Gasteiger partial charge >= 0.3 is 0 Å². The lowest BCUT2D eigenvalue weighted by molar-refractivity contribution is -0.124. The second-order valence-corrected chi connectivity index (χ2v) is 7.85. The molecule has 1 fully saturated rings. The number of amides is 4. The van der Waals surface area contributed by atoms with Gasteiger partial charge in [0, 0.05) is 23.7 Å². The highest BCUT2D eigenvalue weighted by molar-refractivity contribution is 8.18. The van der Waals surface area contributed by atoms with E-state index in [1.54, 1.807) is 30.3 Å². The van der Waals surface area contributed by atoms with E-state index in [0.717, 1.165) is 34.4 Å². The van der Waals surface area contributed by atoms with Crippen molar-refractivity contribution in [2.45, 2.75) is 0 Å². The van der Waals surface area contributed by atoms with Crippen molar-refractivity contribution in [3.63, 3.8) is 0 Å². The summed E-state index contributed by atoms with van der Waals surface area (Å²) in [4.78, 5) is 49.7. The number of imide groups is 1. The van der Waals surface area contributed by atoms with Gasteiger partial charge in [0.05, 0.1) is 11.4 Å². The van der Waals surface area contributed by atoms with Gasteiger partial charge in [0.15, 0.2) is 0 Å². The maximum atomic E-state index is 12.9. The van der Waals surface area contributed by atoms with E-state index in [0.29, 0.717) is 5.02 Å². The quantitative estimate of drug-likeness (QED) is 0.618. The molecule has 3 rings (SSSR count). The van der Waals surface area contributed by atoms with Crippen LogP contribution in [0.3, 0.4) is 0 Å². The van der Waals surface area contributed by atoms with Crippen LogP contribution in [0.2, 0.25) is 5.02 Å². The fourth-order valence-electron chi connectivity index (χ4n) is 2.64. The Morgan fingerprint density at radius 2 is 1.71 bits per heavy atom. The molecule has 0 spiro atoms. The number of carbonyl (C=O) groups excluding carboxylic acids is 4. The van der Waals surface area contributed by atoms with Gasteiger partial charge in [-0.25, -0.2) is 4.39 Å². The highest BCUT2D eigenvalue weighted by Gasteiger charge is 2.34. The van der Waals surface area contributed by atoms with Gasteiger partial charge in [-0.15, -0.1) is 0 Å². The number of carbonyl (C=O) groups is 4. The van der Waals surface area contributed by atoms with Gasteiger partial charge in [0.25, 0.3) is 17.1 Å². The molecule has 0 saturated carbocycles. The average molecular weight is 462 g/mol. The predicted octanol–water partition coefficient (Wildman–Crippen LogP) is 3.06. The molecule has 1 aliphatic rings. The topological polar surface area (TPSA) is 95.6 Å². The normalized spacial score (nSPS) is 14.8. The molecule has 2 N–H and O–H groups in total. The van der Waals surface area contributed by atoms with Crippen LogP contribution in [0, 0.1) is 5.82 Å². The largest absolute Gasteiger partial charge is 0.353 e. The van der Waals surface area contributed by atoms with Crippen LogP contribution < -0.4 is 10.6 Å². The molecule has 0 radical (unpaired) electrons. The molecule has 160 valence electrons. The van der Waals surface area contributed by atoms with Crippen molar-refractivity contribution in [2.75, 3.05) is 19.6 Å². The molecule has 0 aliphatic carbocycles. The van der Waals surface area contributed by atoms with E-state index in [2.05, 4.69) is 10.6 Å². The van der Waals surface area contributed by atoms with E-state index in [1.165, 1.54) is 12.1 Å². The SMILES string of the molecule is O=C(CNC(=O)c1ccc(F)cc1)NCCN1C(=O)S/C(=C\c2ccc(Cl)cc2)C1=O. The Balaban J connectivity index is 1.45. The lowest BCUT2D eigenvalue weighted by Crippen LogP contribution is -2.41. The van der Waals surface area contributed by atoms with Crippen LogP contribution in [0.25, 0.3) is 6.08 Å². The summed E-state index contributed by atoms with van der Waals surface area (Å²) in [7, 11) is 0. The van der Waals surface area contributed by atoms with Gasteiger partial charge in [-0.1, -0.05) is 23.7 Å². The molecule has 1 aliphatic heterocycles. The Hall–Kier alpha value is -3.17. The zero-order chi connectivity index (χ0) is 22.4. The fraction of sp³-hybridized carbons (Fsp3) is 0.143. The van der Waals surface area contributed by atoms with Crippen molar-refractivity contribution in [2.24, 2.45) is 0 Å². The van der Waals surface area contributed by atoms with Crippen molar-refractivity contribution >= 4 is 52.4 Å². The number of nitrogens with one attached hydrogen (secondary N) is 2. The minimum absolute atomic E-state index is 0.000271. The zero-order valence-electron chi connectivity index (χ0n) is 16.1. The van der Waals surface area contributed by atoms with Crippen LogP contribution in [-0.2, 0) is 9.59 Å². The van der Waals surface area contributed by atoms with E-state index in [9.17, 15) is 23.6 Å². The van der Waals surface area contributed by atoms with E-state index in [4.69, 9.17) is 11.6 Å². The zero-order valence-corrected chi connectivity index (χ0v) is 17.6. The Labute approximate surface area is 186 Å². The van der Waals surface area contributed by atoms with Crippen molar-refractivity contribution in [3.8, 4) is 0 Å². The minimum atomic E-state index is -0.520. The second-order valence-electron chi connectivity index (χ2n) is 6.42. The summed E-state index contributed by atoms with van der Waals surface area (Å²) in [5.41, 5.74) is 0.958. The van der Waals surface area contributed by atoms with Gasteiger partial charge < -0.3 is 10.6 Å². The Bertz CT molecular complexity index is 1040. The minimum Gasteiger partial charge on any atom is -0.353 e. The van der Waals surface area contributed by atoms with E-state index < -0.39 is 28.8 Å². The van der Waals surface area contributed by atoms with Crippen molar-refractivity contribution in [3.05, 3.63) is 75.4 Å². The molecular weight excluding hydrogens is 445 g/mol. The molecule has 0 aromatic heterocycles. The van der Waals surface area contributed by atoms with Gasteiger partial charge in [-0.3, -0.25) is 24.1 Å². The lowest BCUT2D eigenvalue weighted by atomic mass is 10.2. The maximum absolute atomic E-state index is 12.9. The van der Waals surface area contributed by atoms with Crippen LogP contribution in [0.15, 0.2) is 53.4 Å². The van der Waals surface area contributed by atoms with Gasteiger partial charge in [-0.2, -0.15) is 0 Å². The Morgan fingerprint density at radius 3 is 2.39 bits per heavy atom. The van der Waals surface area contributed by atoms with Crippen LogP contribution in [-0.4, -0.2) is 47.5 Å². The van der Waals surface area contributed by atoms with Gasteiger partial charge in [0.2, 0.25) is 5.91 Å². The van der Waals surface area contributed by atoms with Crippen molar-refractivity contribution in [1.82, 2.24) is 15.5 Å². The smallest absolute Gasteiger partial charge is 0.293 e. The first-order valence-corrected chi connectivity index (χ1v) is 10.3. The highest BCUT2D eigenvalue weighted by Crippen LogP contribution is 2.32. The third-order valence-corrected chi connectivity index (χ3v) is 5.37. The molecule has 1 heterocycles. The number of nitrogens with zero attached hydrogens (tertiary/aromatic N) is 1. The lowest BCUT2D eigenvalue weighted by Gasteiger charge is -2.13. The third kappa shape index (κ3) is 6.16. The number of hydrogen-bond donors (Lipinski definition) is 2. The molecular formula is C21H17ClFN3O4S. The van der Waals surface area contributed by atoms with Crippen LogP contribution >= 0.6 is 23.4 Å². The van der Waals surface area contributed by atoms with Crippen LogP contribution in [0.4, 0.5) is 9.18 Å². The fourth-order valence-corrected chi connectivity index (χ4v) is 3.63. The van der Waals surface area contributed by atoms with E-state index in [-0.39, 0.29) is 30.1 Å². The Kier molecular flexibility index (Phi) is 7.43. The number of rotatable bonds is 7. The summed E-state index contributed by atoms with van der Waals surface area (Å²) in [5.74, 6) is -1.92. The van der Waals surface area contributed by atoms with E-state index >= 15 is 0 Å². The number of hydrogen-bond acceptors (Lipinski definition) is 5.